The first kappa shape index (κ1) is 7.53. The van der Waals surface area contributed by atoms with Crippen LogP contribution in [0.1, 0.15) is 19.3 Å². The number of hydrogen-bond donors (Lipinski definition) is 2. The van der Waals surface area contributed by atoms with E-state index in [1.807, 2.05) is 0 Å². The molecule has 2 aliphatic rings. The molecule has 0 aliphatic carbocycles. The fraction of sp³-hybridized carbons (Fsp3) is 1.00. The Bertz CT molecular complexity index is 149. The van der Waals surface area contributed by atoms with Crippen LogP contribution in [0.2, 0.25) is 0 Å². The van der Waals surface area contributed by atoms with Gasteiger partial charge in [0.2, 0.25) is 0 Å². The van der Waals surface area contributed by atoms with E-state index in [2.05, 4.69) is 4.90 Å². The maximum atomic E-state index is 9.55. The quantitative estimate of drug-likeness (QED) is 0.502. The van der Waals surface area contributed by atoms with Crippen molar-refractivity contribution in [2.75, 3.05) is 13.1 Å². The van der Waals surface area contributed by atoms with E-state index in [4.69, 9.17) is 0 Å². The molecular formula is C8H15NO2. The Balaban J connectivity index is 2.08. The fourth-order valence-corrected chi connectivity index (χ4v) is 2.30. The van der Waals surface area contributed by atoms with E-state index in [9.17, 15) is 10.2 Å². The third-order valence-corrected chi connectivity index (χ3v) is 2.87. The lowest BCUT2D eigenvalue weighted by atomic mass is 9.98. The number of nitrogens with zero attached hydrogens (tertiary/aromatic N) is 1. The molecule has 3 heteroatoms. The van der Waals surface area contributed by atoms with Crippen LogP contribution in [0.25, 0.3) is 0 Å². The molecule has 2 saturated heterocycles. The van der Waals surface area contributed by atoms with Gasteiger partial charge < -0.3 is 10.2 Å². The van der Waals surface area contributed by atoms with Crippen LogP contribution in [-0.2, 0) is 0 Å². The van der Waals surface area contributed by atoms with E-state index in [1.165, 1.54) is 0 Å². The monoisotopic (exact) mass is 157 g/mol. The molecule has 0 aromatic carbocycles. The first-order chi connectivity index (χ1) is 5.29. The predicted octanol–water partition coefficient (Wildman–Crippen LogP) is -0.424. The molecule has 0 unspecified atom stereocenters. The molecule has 2 N–H and O–H groups in total. The summed E-state index contributed by atoms with van der Waals surface area (Å²) in [5.74, 6) is 0. The molecule has 0 radical (unpaired) electrons. The normalized spacial score (nSPS) is 45.8. The summed E-state index contributed by atoms with van der Waals surface area (Å²) in [7, 11) is 0. The second-order valence-electron chi connectivity index (χ2n) is 3.59. The largest absolute Gasteiger partial charge is 0.391 e. The molecule has 0 bridgehead atoms. The lowest BCUT2D eigenvalue weighted by Gasteiger charge is -2.34. The molecule has 3 atom stereocenters. The number of aliphatic hydroxyl groups is 2. The van der Waals surface area contributed by atoms with Gasteiger partial charge in [0.25, 0.3) is 0 Å². The van der Waals surface area contributed by atoms with Crippen LogP contribution in [0.4, 0.5) is 0 Å². The molecule has 2 rings (SSSR count). The van der Waals surface area contributed by atoms with Crippen molar-refractivity contribution in [1.29, 1.82) is 0 Å². The molecule has 0 amide bonds. The van der Waals surface area contributed by atoms with E-state index >= 15 is 0 Å². The van der Waals surface area contributed by atoms with Gasteiger partial charge in [-0.3, -0.25) is 4.90 Å². The van der Waals surface area contributed by atoms with Gasteiger partial charge in [0.15, 0.2) is 0 Å². The van der Waals surface area contributed by atoms with Gasteiger partial charge in [-0.2, -0.15) is 0 Å². The number of rotatable bonds is 0. The van der Waals surface area contributed by atoms with E-state index < -0.39 is 0 Å². The van der Waals surface area contributed by atoms with Gasteiger partial charge in [-0.15, -0.1) is 0 Å². The Morgan fingerprint density at radius 1 is 1.00 bits per heavy atom. The van der Waals surface area contributed by atoms with Gasteiger partial charge in [-0.25, -0.2) is 0 Å². The summed E-state index contributed by atoms with van der Waals surface area (Å²) in [6.45, 7) is 2.02. The lowest BCUT2D eigenvalue weighted by Crippen LogP contribution is -2.48. The average Bonchev–Trinajstić information content (AvgIpc) is 2.34. The Morgan fingerprint density at radius 2 is 1.73 bits per heavy atom. The molecule has 0 spiro atoms. The van der Waals surface area contributed by atoms with Gasteiger partial charge in [0.1, 0.15) is 0 Å². The number of fused-ring (bicyclic) bond motifs is 1. The smallest absolute Gasteiger partial charge is 0.0732 e. The highest BCUT2D eigenvalue weighted by atomic mass is 16.3. The molecule has 2 aliphatic heterocycles. The number of piperidine rings is 1. The summed E-state index contributed by atoms with van der Waals surface area (Å²) >= 11 is 0. The van der Waals surface area contributed by atoms with Crippen LogP contribution in [-0.4, -0.2) is 46.5 Å². The summed E-state index contributed by atoms with van der Waals surface area (Å²) in [4.78, 5) is 2.21. The van der Waals surface area contributed by atoms with Crippen molar-refractivity contribution in [3.63, 3.8) is 0 Å². The second kappa shape index (κ2) is 2.73. The van der Waals surface area contributed by atoms with Crippen LogP contribution < -0.4 is 0 Å². The molecule has 64 valence electrons. The molecule has 3 nitrogen and oxygen atoms in total. The highest BCUT2D eigenvalue weighted by Gasteiger charge is 2.39. The van der Waals surface area contributed by atoms with Crippen molar-refractivity contribution >= 4 is 0 Å². The summed E-state index contributed by atoms with van der Waals surface area (Å²) in [6, 6.07) is 0.0451. The number of aliphatic hydroxyl groups excluding tert-OH is 2. The number of hydrogen-bond acceptors (Lipinski definition) is 3. The highest BCUT2D eigenvalue weighted by molar-refractivity contribution is 4.94. The Hall–Kier alpha value is -0.120. The molecule has 0 aromatic heterocycles. The maximum Gasteiger partial charge on any atom is 0.0732 e. The third kappa shape index (κ3) is 1.17. The minimum absolute atomic E-state index is 0.0451. The van der Waals surface area contributed by atoms with Crippen molar-refractivity contribution in [2.24, 2.45) is 0 Å². The second-order valence-corrected chi connectivity index (χ2v) is 3.59. The molecule has 2 heterocycles. The lowest BCUT2D eigenvalue weighted by molar-refractivity contribution is -0.0124. The molecule has 11 heavy (non-hydrogen) atoms. The summed E-state index contributed by atoms with van der Waals surface area (Å²) in [5.41, 5.74) is 0. The first-order valence-electron chi connectivity index (χ1n) is 4.39. The van der Waals surface area contributed by atoms with Gasteiger partial charge in [0.05, 0.1) is 18.2 Å². The zero-order valence-corrected chi connectivity index (χ0v) is 6.61. The molecule has 0 saturated carbocycles. The summed E-state index contributed by atoms with van der Waals surface area (Å²) < 4.78 is 0. The van der Waals surface area contributed by atoms with Crippen molar-refractivity contribution in [2.45, 2.75) is 37.5 Å². The van der Waals surface area contributed by atoms with E-state index in [1.54, 1.807) is 0 Å². The third-order valence-electron chi connectivity index (χ3n) is 2.87. The Labute approximate surface area is 66.6 Å². The summed E-state index contributed by atoms with van der Waals surface area (Å²) in [6.07, 6.45) is 2.19. The van der Waals surface area contributed by atoms with Crippen LogP contribution >= 0.6 is 0 Å². The van der Waals surface area contributed by atoms with Crippen LogP contribution in [0.15, 0.2) is 0 Å². The van der Waals surface area contributed by atoms with Crippen molar-refractivity contribution in [1.82, 2.24) is 4.90 Å². The SMILES string of the molecule is O[C@@H]1CCCN2CC[C@@H](O)[C@@H]12. The Kier molecular flexibility index (Phi) is 1.87. The minimum Gasteiger partial charge on any atom is -0.391 e. The van der Waals surface area contributed by atoms with Gasteiger partial charge in [-0.05, 0) is 25.8 Å². The van der Waals surface area contributed by atoms with Crippen molar-refractivity contribution < 1.29 is 10.2 Å². The molecule has 0 aromatic rings. The maximum absolute atomic E-state index is 9.55. The van der Waals surface area contributed by atoms with Crippen molar-refractivity contribution in [3.05, 3.63) is 0 Å². The van der Waals surface area contributed by atoms with Crippen LogP contribution in [0.3, 0.4) is 0 Å². The van der Waals surface area contributed by atoms with Crippen molar-refractivity contribution in [3.8, 4) is 0 Å². The van der Waals surface area contributed by atoms with Gasteiger partial charge in [-0.1, -0.05) is 0 Å². The van der Waals surface area contributed by atoms with Gasteiger partial charge in [0, 0.05) is 6.54 Å². The molecular weight excluding hydrogens is 142 g/mol. The van der Waals surface area contributed by atoms with E-state index in [-0.39, 0.29) is 18.2 Å². The Morgan fingerprint density at radius 3 is 2.45 bits per heavy atom. The average molecular weight is 157 g/mol. The zero-order chi connectivity index (χ0) is 7.84. The predicted molar refractivity (Wildman–Crippen MR) is 41.2 cm³/mol. The zero-order valence-electron chi connectivity index (χ0n) is 6.61. The first-order valence-corrected chi connectivity index (χ1v) is 4.39. The van der Waals surface area contributed by atoms with Gasteiger partial charge >= 0.3 is 0 Å². The summed E-state index contributed by atoms with van der Waals surface area (Å²) in [5, 5.41) is 19.0. The fourth-order valence-electron chi connectivity index (χ4n) is 2.30. The van der Waals surface area contributed by atoms with E-state index in [0.717, 1.165) is 32.4 Å². The topological polar surface area (TPSA) is 43.7 Å². The molecule has 2 fully saturated rings. The minimum atomic E-state index is -0.291. The highest BCUT2D eigenvalue weighted by Crippen LogP contribution is 2.27. The van der Waals surface area contributed by atoms with E-state index in [0.29, 0.717) is 0 Å². The standard InChI is InChI=1S/C8H15NO2/c10-6-2-1-4-9-5-3-7(11)8(6)9/h6-8,10-11H,1-5H2/t6-,7-,8-/m1/s1. The van der Waals surface area contributed by atoms with Crippen LogP contribution in [0, 0.1) is 0 Å². The van der Waals surface area contributed by atoms with Crippen LogP contribution in [0.5, 0.6) is 0 Å².